The van der Waals surface area contributed by atoms with Crippen molar-refractivity contribution in [2.45, 2.75) is 33.1 Å². The second-order valence-electron chi connectivity index (χ2n) is 7.77. The molecule has 0 spiro atoms. The smallest absolute Gasteiger partial charge is 0.380 e. The molecule has 29 heavy (non-hydrogen) atoms. The summed E-state index contributed by atoms with van der Waals surface area (Å²) in [7, 11) is 3.59. The average molecular weight is 395 g/mol. The van der Waals surface area contributed by atoms with Gasteiger partial charge in [-0.1, -0.05) is 32.0 Å². The fourth-order valence-electron chi connectivity index (χ4n) is 3.86. The molecule has 0 N–H and O–H groups in total. The number of nitrogens with zero attached hydrogens (tertiary/aromatic N) is 3. The molecular weight excluding hydrogens is 370 g/mol. The van der Waals surface area contributed by atoms with Gasteiger partial charge in [-0.2, -0.15) is 5.10 Å². The molecule has 152 valence electrons. The number of allylic oxidation sites excluding steroid dienone is 1. The number of aromatic nitrogens is 2. The van der Waals surface area contributed by atoms with Gasteiger partial charge in [-0.15, -0.1) is 0 Å². The zero-order chi connectivity index (χ0) is 21.5. The molecule has 1 aromatic carbocycles. The first kappa shape index (κ1) is 20.5. The Hall–Kier alpha value is -3.22. The number of aryl methyl sites for hydroxylation is 2. The van der Waals surface area contributed by atoms with Crippen LogP contribution in [0.2, 0.25) is 0 Å². The molecular formula is C22H25N3O4. The molecule has 1 aliphatic rings. The number of ether oxygens (including phenoxy) is 1. The van der Waals surface area contributed by atoms with Gasteiger partial charge in [-0.25, -0.2) is 4.79 Å². The lowest BCUT2D eigenvalue weighted by Gasteiger charge is -2.23. The van der Waals surface area contributed by atoms with E-state index in [4.69, 9.17) is 4.74 Å². The van der Waals surface area contributed by atoms with Crippen LogP contribution in [0.3, 0.4) is 0 Å². The minimum atomic E-state index is -1.06. The van der Waals surface area contributed by atoms with Gasteiger partial charge in [0, 0.05) is 42.7 Å². The fraction of sp³-hybridized carbons (Fsp3) is 0.364. The molecule has 1 aliphatic heterocycles. The summed E-state index contributed by atoms with van der Waals surface area (Å²) >= 11 is 0. The van der Waals surface area contributed by atoms with E-state index in [1.165, 1.54) is 10.8 Å². The van der Waals surface area contributed by atoms with Crippen LogP contribution < -0.4 is 4.90 Å². The van der Waals surface area contributed by atoms with Crippen molar-refractivity contribution in [3.05, 3.63) is 58.6 Å². The highest BCUT2D eigenvalue weighted by Crippen LogP contribution is 2.46. The van der Waals surface area contributed by atoms with Crippen LogP contribution in [0.4, 0.5) is 5.69 Å². The lowest BCUT2D eigenvalue weighted by molar-refractivity contribution is -0.142. The Balaban J connectivity index is 1.72. The topological polar surface area (TPSA) is 81.5 Å². The number of carbonyl (C=O) groups excluding carboxylic acids is 3. The molecule has 2 heterocycles. The van der Waals surface area contributed by atoms with Crippen molar-refractivity contribution in [2.24, 2.45) is 7.05 Å². The number of esters is 1. The number of hydrogen-bond donors (Lipinski definition) is 0. The lowest BCUT2D eigenvalue weighted by Crippen LogP contribution is -2.26. The number of para-hydroxylation sites is 1. The zero-order valence-corrected chi connectivity index (χ0v) is 17.6. The number of ketones is 2. The van der Waals surface area contributed by atoms with Gasteiger partial charge in [0.2, 0.25) is 0 Å². The summed E-state index contributed by atoms with van der Waals surface area (Å²) < 4.78 is 6.52. The molecule has 0 radical (unpaired) electrons. The third-order valence-corrected chi connectivity index (χ3v) is 5.51. The molecule has 1 aromatic heterocycles. The number of likely N-dealkylation sites (N-methyl/N-ethyl adjacent to an activating group) is 1. The quantitative estimate of drug-likeness (QED) is 0.335. The van der Waals surface area contributed by atoms with Crippen molar-refractivity contribution in [2.75, 3.05) is 18.6 Å². The first-order chi connectivity index (χ1) is 13.6. The van der Waals surface area contributed by atoms with E-state index < -0.39 is 18.4 Å². The first-order valence-electron chi connectivity index (χ1n) is 9.35. The van der Waals surface area contributed by atoms with E-state index in [1.54, 1.807) is 20.9 Å². The van der Waals surface area contributed by atoms with Crippen LogP contribution in [0.5, 0.6) is 0 Å². The standard InChI is InChI=1S/C22H25N3O4/c1-13-19(14(2)25(6)23-13)20(27)21(28)29-12-15(26)11-18-22(3,4)16-9-7-8-10-17(16)24(18)5/h7-11H,12H2,1-6H3. The Morgan fingerprint density at radius 3 is 2.38 bits per heavy atom. The van der Waals surface area contributed by atoms with E-state index in [9.17, 15) is 14.4 Å². The van der Waals surface area contributed by atoms with Gasteiger partial charge in [0.25, 0.3) is 5.78 Å². The summed E-state index contributed by atoms with van der Waals surface area (Å²) in [5, 5.41) is 4.13. The maximum atomic E-state index is 12.5. The second kappa shape index (κ2) is 7.31. The van der Waals surface area contributed by atoms with Crippen LogP contribution in [-0.2, 0) is 26.8 Å². The SMILES string of the molecule is Cc1nn(C)c(C)c1C(=O)C(=O)OCC(=O)C=C1N(C)c2ccccc2C1(C)C. The van der Waals surface area contributed by atoms with Gasteiger partial charge in [-0.05, 0) is 25.5 Å². The number of benzene rings is 1. The number of hydrogen-bond acceptors (Lipinski definition) is 6. The summed E-state index contributed by atoms with van der Waals surface area (Å²) in [6.45, 7) is 6.94. The highest BCUT2D eigenvalue weighted by atomic mass is 16.5. The molecule has 3 rings (SSSR count). The third kappa shape index (κ3) is 3.48. The molecule has 0 saturated carbocycles. The van der Waals surface area contributed by atoms with Crippen LogP contribution >= 0.6 is 0 Å². The highest BCUT2D eigenvalue weighted by molar-refractivity contribution is 6.41. The largest absolute Gasteiger partial charge is 0.451 e. The van der Waals surface area contributed by atoms with Crippen LogP contribution in [0.1, 0.15) is 41.2 Å². The van der Waals surface area contributed by atoms with Gasteiger partial charge in [0.05, 0.1) is 11.3 Å². The van der Waals surface area contributed by atoms with Crippen molar-refractivity contribution in [1.29, 1.82) is 0 Å². The van der Waals surface area contributed by atoms with Gasteiger partial charge >= 0.3 is 5.97 Å². The summed E-state index contributed by atoms with van der Waals surface area (Å²) in [6.07, 6.45) is 1.48. The van der Waals surface area contributed by atoms with Crippen LogP contribution in [0, 0.1) is 13.8 Å². The van der Waals surface area contributed by atoms with Crippen molar-refractivity contribution in [1.82, 2.24) is 9.78 Å². The molecule has 7 heteroatoms. The normalized spacial score (nSPS) is 16.1. The van der Waals surface area contributed by atoms with E-state index in [-0.39, 0.29) is 16.8 Å². The van der Waals surface area contributed by atoms with E-state index in [1.807, 2.05) is 50.1 Å². The van der Waals surface area contributed by atoms with E-state index in [0.717, 1.165) is 16.9 Å². The Kier molecular flexibility index (Phi) is 5.17. The minimum absolute atomic E-state index is 0.218. The van der Waals surface area contributed by atoms with E-state index in [0.29, 0.717) is 11.4 Å². The maximum absolute atomic E-state index is 12.5. The molecule has 0 amide bonds. The molecule has 0 aliphatic carbocycles. The Morgan fingerprint density at radius 2 is 1.79 bits per heavy atom. The van der Waals surface area contributed by atoms with Crippen LogP contribution in [0.15, 0.2) is 36.0 Å². The van der Waals surface area contributed by atoms with Crippen LogP contribution in [-0.4, -0.2) is 41.0 Å². The monoisotopic (exact) mass is 395 g/mol. The highest BCUT2D eigenvalue weighted by Gasteiger charge is 2.38. The zero-order valence-electron chi connectivity index (χ0n) is 17.6. The van der Waals surface area contributed by atoms with Crippen LogP contribution in [0.25, 0.3) is 0 Å². The lowest BCUT2D eigenvalue weighted by atomic mass is 9.83. The molecule has 0 fully saturated rings. The number of rotatable bonds is 5. The third-order valence-electron chi connectivity index (χ3n) is 5.51. The van der Waals surface area contributed by atoms with Crippen molar-refractivity contribution in [3.63, 3.8) is 0 Å². The van der Waals surface area contributed by atoms with E-state index in [2.05, 4.69) is 5.10 Å². The number of fused-ring (bicyclic) bond motifs is 1. The fourth-order valence-corrected chi connectivity index (χ4v) is 3.86. The predicted octanol–water partition coefficient (Wildman–Crippen LogP) is 2.64. The molecule has 0 bridgehead atoms. The number of Topliss-reactive ketones (excluding diaryl/α,β-unsaturated/α-hetero) is 1. The van der Waals surface area contributed by atoms with Gasteiger partial charge in [0.1, 0.15) is 0 Å². The second-order valence-corrected chi connectivity index (χ2v) is 7.77. The molecule has 7 nitrogen and oxygen atoms in total. The van der Waals surface area contributed by atoms with Gasteiger partial charge in [0.15, 0.2) is 12.4 Å². The van der Waals surface area contributed by atoms with Crippen molar-refractivity contribution in [3.8, 4) is 0 Å². The molecule has 2 aromatic rings. The van der Waals surface area contributed by atoms with Crippen molar-refractivity contribution >= 4 is 23.2 Å². The molecule has 0 unspecified atom stereocenters. The first-order valence-corrected chi connectivity index (χ1v) is 9.35. The number of anilines is 1. The summed E-state index contributed by atoms with van der Waals surface area (Å²) in [5.41, 5.74) is 3.85. The predicted molar refractivity (Wildman–Crippen MR) is 109 cm³/mol. The summed E-state index contributed by atoms with van der Waals surface area (Å²) in [5.74, 6) is -2.23. The minimum Gasteiger partial charge on any atom is -0.451 e. The Morgan fingerprint density at radius 1 is 1.14 bits per heavy atom. The summed E-state index contributed by atoms with van der Waals surface area (Å²) in [6, 6.07) is 7.95. The summed E-state index contributed by atoms with van der Waals surface area (Å²) in [4.78, 5) is 39.0. The number of carbonyl (C=O) groups is 3. The van der Waals surface area contributed by atoms with Gasteiger partial charge < -0.3 is 9.64 Å². The Bertz CT molecular complexity index is 1050. The van der Waals surface area contributed by atoms with E-state index >= 15 is 0 Å². The molecule has 0 atom stereocenters. The Labute approximate surface area is 170 Å². The average Bonchev–Trinajstić information content (AvgIpc) is 3.04. The maximum Gasteiger partial charge on any atom is 0.380 e. The molecule has 0 saturated heterocycles. The van der Waals surface area contributed by atoms with Gasteiger partial charge in [-0.3, -0.25) is 14.3 Å². The van der Waals surface area contributed by atoms with Crippen molar-refractivity contribution < 1.29 is 19.1 Å².